The zero-order chi connectivity index (χ0) is 15.8. The molecule has 0 aromatic heterocycles. The minimum atomic E-state index is 0. The highest BCUT2D eigenvalue weighted by molar-refractivity contribution is 5.85. The van der Waals surface area contributed by atoms with Crippen LogP contribution >= 0.6 is 24.8 Å². The van der Waals surface area contributed by atoms with Crippen LogP contribution in [0.2, 0.25) is 0 Å². The van der Waals surface area contributed by atoms with Crippen molar-refractivity contribution < 1.29 is 4.79 Å². The lowest BCUT2D eigenvalue weighted by molar-refractivity contribution is -0.121. The van der Waals surface area contributed by atoms with E-state index in [4.69, 9.17) is 5.73 Å². The van der Waals surface area contributed by atoms with E-state index in [0.29, 0.717) is 12.8 Å². The summed E-state index contributed by atoms with van der Waals surface area (Å²) in [5.41, 5.74) is 7.71. The SMILES string of the molecule is CC1CCN(CCCNC(=O)CCc2ccccc2N)CC1.Cl.Cl. The first-order valence-corrected chi connectivity index (χ1v) is 8.47. The fourth-order valence-corrected chi connectivity index (χ4v) is 2.91. The molecular weight excluding hydrogens is 345 g/mol. The summed E-state index contributed by atoms with van der Waals surface area (Å²) in [6.07, 6.45) is 4.88. The van der Waals surface area contributed by atoms with Crippen LogP contribution in [0.25, 0.3) is 0 Å². The van der Waals surface area contributed by atoms with Gasteiger partial charge in [0.1, 0.15) is 0 Å². The van der Waals surface area contributed by atoms with Crippen molar-refractivity contribution in [3.05, 3.63) is 29.8 Å². The highest BCUT2D eigenvalue weighted by Crippen LogP contribution is 2.15. The molecule has 1 heterocycles. The number of para-hydroxylation sites is 1. The number of anilines is 1. The molecule has 1 aromatic rings. The Kier molecular flexibility index (Phi) is 11.9. The first-order valence-electron chi connectivity index (χ1n) is 8.47. The second-order valence-corrected chi connectivity index (χ2v) is 6.43. The van der Waals surface area contributed by atoms with Crippen LogP contribution in [-0.2, 0) is 11.2 Å². The number of aryl methyl sites for hydroxylation is 1. The summed E-state index contributed by atoms with van der Waals surface area (Å²) >= 11 is 0. The van der Waals surface area contributed by atoms with Crippen molar-refractivity contribution >= 4 is 36.4 Å². The van der Waals surface area contributed by atoms with Gasteiger partial charge in [0.15, 0.2) is 0 Å². The molecule has 1 saturated heterocycles. The van der Waals surface area contributed by atoms with Crippen molar-refractivity contribution in [1.82, 2.24) is 10.2 Å². The maximum atomic E-state index is 11.9. The summed E-state index contributed by atoms with van der Waals surface area (Å²) in [5.74, 6) is 0.997. The maximum absolute atomic E-state index is 11.9. The minimum Gasteiger partial charge on any atom is -0.399 e. The Hall–Kier alpha value is -0.970. The number of nitrogens with one attached hydrogen (secondary N) is 1. The van der Waals surface area contributed by atoms with Crippen molar-refractivity contribution in [3.63, 3.8) is 0 Å². The van der Waals surface area contributed by atoms with Gasteiger partial charge in [-0.1, -0.05) is 25.1 Å². The monoisotopic (exact) mass is 375 g/mol. The number of nitrogens with zero attached hydrogens (tertiary/aromatic N) is 1. The molecule has 138 valence electrons. The average molecular weight is 376 g/mol. The Morgan fingerprint density at radius 2 is 1.92 bits per heavy atom. The normalized spacial score (nSPS) is 15.2. The maximum Gasteiger partial charge on any atom is 0.220 e. The molecule has 3 N–H and O–H groups in total. The molecule has 0 radical (unpaired) electrons. The van der Waals surface area contributed by atoms with E-state index in [2.05, 4.69) is 17.1 Å². The smallest absolute Gasteiger partial charge is 0.220 e. The molecule has 1 aliphatic heterocycles. The van der Waals surface area contributed by atoms with Crippen LogP contribution in [0, 0.1) is 5.92 Å². The predicted molar refractivity (Wildman–Crippen MR) is 106 cm³/mol. The van der Waals surface area contributed by atoms with Crippen molar-refractivity contribution in [1.29, 1.82) is 0 Å². The van der Waals surface area contributed by atoms with Gasteiger partial charge in [0.05, 0.1) is 0 Å². The third kappa shape index (κ3) is 8.22. The Labute approximate surface area is 158 Å². The average Bonchev–Trinajstić information content (AvgIpc) is 2.52. The van der Waals surface area contributed by atoms with Gasteiger partial charge in [-0.15, -0.1) is 24.8 Å². The van der Waals surface area contributed by atoms with E-state index in [0.717, 1.165) is 36.7 Å². The number of halogens is 2. The van der Waals surface area contributed by atoms with Crippen LogP contribution in [0.15, 0.2) is 24.3 Å². The molecule has 24 heavy (non-hydrogen) atoms. The molecule has 0 bridgehead atoms. The predicted octanol–water partition coefficient (Wildman–Crippen LogP) is 3.28. The van der Waals surface area contributed by atoms with Crippen LogP contribution in [0.1, 0.15) is 38.2 Å². The first-order chi connectivity index (χ1) is 10.6. The Morgan fingerprint density at radius 3 is 2.58 bits per heavy atom. The highest BCUT2D eigenvalue weighted by Gasteiger charge is 2.14. The van der Waals surface area contributed by atoms with Crippen molar-refractivity contribution in [3.8, 4) is 0 Å². The van der Waals surface area contributed by atoms with E-state index in [1.165, 1.54) is 25.9 Å². The van der Waals surface area contributed by atoms with Crippen LogP contribution in [0.3, 0.4) is 0 Å². The molecule has 1 fully saturated rings. The number of hydrogen-bond acceptors (Lipinski definition) is 3. The number of likely N-dealkylation sites (tertiary alicyclic amines) is 1. The lowest BCUT2D eigenvalue weighted by atomic mass is 9.99. The zero-order valence-electron chi connectivity index (χ0n) is 14.5. The third-order valence-corrected chi connectivity index (χ3v) is 4.53. The van der Waals surface area contributed by atoms with E-state index in [1.54, 1.807) is 0 Å². The second-order valence-electron chi connectivity index (χ2n) is 6.43. The molecule has 1 aromatic carbocycles. The Bertz CT molecular complexity index is 477. The molecule has 0 spiro atoms. The quantitative estimate of drug-likeness (QED) is 0.567. The van der Waals surface area contributed by atoms with Crippen LogP contribution in [-0.4, -0.2) is 37.0 Å². The van der Waals surface area contributed by atoms with Gasteiger partial charge in [-0.3, -0.25) is 4.79 Å². The van der Waals surface area contributed by atoms with Gasteiger partial charge in [0, 0.05) is 18.7 Å². The van der Waals surface area contributed by atoms with Gasteiger partial charge in [0.25, 0.3) is 0 Å². The summed E-state index contributed by atoms with van der Waals surface area (Å²) in [6, 6.07) is 7.75. The number of nitrogens with two attached hydrogens (primary N) is 1. The molecule has 1 aliphatic rings. The molecule has 2 rings (SSSR count). The topological polar surface area (TPSA) is 58.4 Å². The molecule has 0 unspecified atom stereocenters. The van der Waals surface area contributed by atoms with Gasteiger partial charge in [0.2, 0.25) is 5.91 Å². The summed E-state index contributed by atoms with van der Waals surface area (Å²) in [4.78, 5) is 14.4. The number of amides is 1. The summed E-state index contributed by atoms with van der Waals surface area (Å²) in [5, 5.41) is 3.01. The van der Waals surface area contributed by atoms with E-state index in [1.807, 2.05) is 24.3 Å². The molecule has 1 amide bonds. The van der Waals surface area contributed by atoms with E-state index < -0.39 is 0 Å². The van der Waals surface area contributed by atoms with E-state index in [-0.39, 0.29) is 30.7 Å². The summed E-state index contributed by atoms with van der Waals surface area (Å²) < 4.78 is 0. The number of piperidine rings is 1. The lowest BCUT2D eigenvalue weighted by Gasteiger charge is -2.30. The largest absolute Gasteiger partial charge is 0.399 e. The molecule has 6 heteroatoms. The number of hydrogen-bond donors (Lipinski definition) is 2. The summed E-state index contributed by atoms with van der Waals surface area (Å²) in [6.45, 7) is 6.62. The number of nitrogen functional groups attached to an aromatic ring is 1. The van der Waals surface area contributed by atoms with Gasteiger partial charge < -0.3 is 16.0 Å². The fraction of sp³-hybridized carbons (Fsp3) is 0.611. The highest BCUT2D eigenvalue weighted by atomic mass is 35.5. The second kappa shape index (κ2) is 12.4. The number of carbonyl (C=O) groups excluding carboxylic acids is 1. The molecule has 0 saturated carbocycles. The zero-order valence-corrected chi connectivity index (χ0v) is 16.1. The molecular formula is C18H31Cl2N3O. The Morgan fingerprint density at radius 1 is 1.25 bits per heavy atom. The Balaban J connectivity index is 0.00000264. The van der Waals surface area contributed by atoms with Gasteiger partial charge in [-0.25, -0.2) is 0 Å². The number of rotatable bonds is 7. The van der Waals surface area contributed by atoms with Crippen molar-refractivity contribution in [2.75, 3.05) is 31.9 Å². The minimum absolute atomic E-state index is 0. The number of carbonyl (C=O) groups is 1. The van der Waals surface area contributed by atoms with Crippen LogP contribution in [0.4, 0.5) is 5.69 Å². The fourth-order valence-electron chi connectivity index (χ4n) is 2.91. The third-order valence-electron chi connectivity index (χ3n) is 4.53. The number of benzene rings is 1. The summed E-state index contributed by atoms with van der Waals surface area (Å²) in [7, 11) is 0. The molecule has 4 nitrogen and oxygen atoms in total. The van der Waals surface area contributed by atoms with E-state index in [9.17, 15) is 4.79 Å². The van der Waals surface area contributed by atoms with Crippen LogP contribution in [0.5, 0.6) is 0 Å². The molecule has 0 aliphatic carbocycles. The van der Waals surface area contributed by atoms with Crippen molar-refractivity contribution in [2.24, 2.45) is 5.92 Å². The van der Waals surface area contributed by atoms with Gasteiger partial charge >= 0.3 is 0 Å². The molecule has 0 atom stereocenters. The van der Waals surface area contributed by atoms with E-state index >= 15 is 0 Å². The van der Waals surface area contributed by atoms with Crippen molar-refractivity contribution in [2.45, 2.75) is 39.0 Å². The van der Waals surface area contributed by atoms with Crippen LogP contribution < -0.4 is 11.1 Å². The standard InChI is InChI=1S/C18H29N3O.2ClH/c1-15-9-13-21(14-10-15)12-4-11-20-18(22)8-7-16-5-2-3-6-17(16)19;;/h2-3,5-6,15H,4,7-14,19H2,1H3,(H,20,22);2*1H. The van der Waals surface area contributed by atoms with Gasteiger partial charge in [-0.05, 0) is 62.9 Å². The first kappa shape index (κ1) is 23.0. The van der Waals surface area contributed by atoms with Gasteiger partial charge in [-0.2, -0.15) is 0 Å². The lowest BCUT2D eigenvalue weighted by Crippen LogP contribution is -2.35.